The smallest absolute Gasteiger partial charge is 0.240 e. The highest BCUT2D eigenvalue weighted by molar-refractivity contribution is 5.83. The molecule has 5 nitrogen and oxygen atoms in total. The van der Waals surface area contributed by atoms with E-state index in [-0.39, 0.29) is 24.2 Å². The fourth-order valence-electron chi connectivity index (χ4n) is 2.01. The molecule has 0 spiro atoms. The normalized spacial score (nSPS) is 18.3. The lowest BCUT2D eigenvalue weighted by molar-refractivity contribution is -0.136. The van der Waals surface area contributed by atoms with Crippen molar-refractivity contribution in [2.24, 2.45) is 11.7 Å². The Hall–Kier alpha value is -1.54. The molecule has 1 rings (SSSR count). The van der Waals surface area contributed by atoms with E-state index >= 15 is 0 Å². The third-order valence-electron chi connectivity index (χ3n) is 3.08. The molecule has 3 N–H and O–H groups in total. The largest absolute Gasteiger partial charge is 0.359 e. The predicted molar refractivity (Wildman–Crippen MR) is 64.8 cm³/mol. The molecule has 2 amide bonds. The molecule has 1 unspecified atom stereocenters. The Bertz CT molecular complexity index is 327. The van der Waals surface area contributed by atoms with Crippen molar-refractivity contribution in [2.75, 3.05) is 20.1 Å². The van der Waals surface area contributed by atoms with Gasteiger partial charge in [0.1, 0.15) is 0 Å². The Labute approximate surface area is 102 Å². The van der Waals surface area contributed by atoms with E-state index < -0.39 is 6.04 Å². The summed E-state index contributed by atoms with van der Waals surface area (Å²) in [5.74, 6) is 2.33. The maximum absolute atomic E-state index is 11.8. The standard InChI is InChI=1S/C12H19N3O2/c1-3-4-10(13)12(17)15-7-5-9(6-8-15)11(16)14-2/h1,9-10H,4-8,13H2,2H3,(H,14,16). The monoisotopic (exact) mass is 237 g/mol. The van der Waals surface area contributed by atoms with Crippen LogP contribution in [-0.4, -0.2) is 42.9 Å². The first-order valence-electron chi connectivity index (χ1n) is 5.79. The van der Waals surface area contributed by atoms with Gasteiger partial charge in [0.15, 0.2) is 0 Å². The molecule has 1 fully saturated rings. The quantitative estimate of drug-likeness (QED) is 0.639. The second kappa shape index (κ2) is 6.26. The third kappa shape index (κ3) is 3.46. The first-order valence-corrected chi connectivity index (χ1v) is 5.79. The van der Waals surface area contributed by atoms with E-state index in [0.29, 0.717) is 25.9 Å². The number of nitrogens with one attached hydrogen (secondary N) is 1. The Kier molecular flexibility index (Phi) is 4.98. The molecule has 0 saturated carbocycles. The molecule has 5 heteroatoms. The van der Waals surface area contributed by atoms with Crippen LogP contribution in [0.2, 0.25) is 0 Å². The number of carbonyl (C=O) groups is 2. The van der Waals surface area contributed by atoms with Crippen molar-refractivity contribution in [3.63, 3.8) is 0 Å². The topological polar surface area (TPSA) is 75.4 Å². The number of amides is 2. The lowest BCUT2D eigenvalue weighted by Crippen LogP contribution is -2.48. The van der Waals surface area contributed by atoms with E-state index in [1.807, 2.05) is 0 Å². The van der Waals surface area contributed by atoms with E-state index in [1.165, 1.54) is 0 Å². The highest BCUT2D eigenvalue weighted by atomic mass is 16.2. The Balaban J connectivity index is 2.44. The zero-order valence-corrected chi connectivity index (χ0v) is 10.1. The first kappa shape index (κ1) is 13.5. The van der Waals surface area contributed by atoms with Crippen LogP contribution in [-0.2, 0) is 9.59 Å². The Morgan fingerprint density at radius 2 is 2.12 bits per heavy atom. The maximum atomic E-state index is 11.8. The van der Waals surface area contributed by atoms with Crippen molar-refractivity contribution in [3.05, 3.63) is 0 Å². The molecule has 94 valence electrons. The molecule has 0 radical (unpaired) electrons. The van der Waals surface area contributed by atoms with Crippen LogP contribution >= 0.6 is 0 Å². The van der Waals surface area contributed by atoms with Crippen LogP contribution in [0.1, 0.15) is 19.3 Å². The summed E-state index contributed by atoms with van der Waals surface area (Å²) in [6.07, 6.45) is 6.76. The van der Waals surface area contributed by atoms with Gasteiger partial charge in [-0.1, -0.05) is 0 Å². The van der Waals surface area contributed by atoms with Crippen molar-refractivity contribution in [1.29, 1.82) is 0 Å². The number of likely N-dealkylation sites (tertiary alicyclic amines) is 1. The lowest BCUT2D eigenvalue weighted by Gasteiger charge is -2.32. The van der Waals surface area contributed by atoms with Gasteiger partial charge in [-0.3, -0.25) is 9.59 Å². The minimum absolute atomic E-state index is 0.00732. The molecule has 0 aromatic carbocycles. The van der Waals surface area contributed by atoms with Gasteiger partial charge in [-0.05, 0) is 12.8 Å². The molecular formula is C12H19N3O2. The molecule has 0 aromatic rings. The summed E-state index contributed by atoms with van der Waals surface area (Å²) in [5.41, 5.74) is 5.67. The average Bonchev–Trinajstić information content (AvgIpc) is 2.37. The predicted octanol–water partition coefficient (Wildman–Crippen LogP) is -0.678. The zero-order chi connectivity index (χ0) is 12.8. The molecule has 0 aliphatic carbocycles. The molecule has 1 saturated heterocycles. The molecular weight excluding hydrogens is 218 g/mol. The van der Waals surface area contributed by atoms with Gasteiger partial charge in [-0.25, -0.2) is 0 Å². The van der Waals surface area contributed by atoms with Gasteiger partial charge >= 0.3 is 0 Å². The number of nitrogens with two attached hydrogens (primary N) is 1. The van der Waals surface area contributed by atoms with Gasteiger partial charge < -0.3 is 16.0 Å². The second-order valence-corrected chi connectivity index (χ2v) is 4.23. The summed E-state index contributed by atoms with van der Waals surface area (Å²) in [4.78, 5) is 24.9. The number of terminal acetylenes is 1. The van der Waals surface area contributed by atoms with Crippen LogP contribution in [0.5, 0.6) is 0 Å². The third-order valence-corrected chi connectivity index (χ3v) is 3.08. The maximum Gasteiger partial charge on any atom is 0.240 e. The van der Waals surface area contributed by atoms with E-state index in [9.17, 15) is 9.59 Å². The van der Waals surface area contributed by atoms with Gasteiger partial charge in [0.2, 0.25) is 11.8 Å². The zero-order valence-electron chi connectivity index (χ0n) is 10.1. The van der Waals surface area contributed by atoms with Crippen LogP contribution in [0.25, 0.3) is 0 Å². The van der Waals surface area contributed by atoms with Crippen LogP contribution in [0, 0.1) is 18.3 Å². The van der Waals surface area contributed by atoms with E-state index in [4.69, 9.17) is 12.2 Å². The highest BCUT2D eigenvalue weighted by Crippen LogP contribution is 2.17. The van der Waals surface area contributed by atoms with Crippen LogP contribution < -0.4 is 11.1 Å². The summed E-state index contributed by atoms with van der Waals surface area (Å²) in [7, 11) is 1.63. The van der Waals surface area contributed by atoms with Crippen molar-refractivity contribution in [2.45, 2.75) is 25.3 Å². The van der Waals surface area contributed by atoms with Gasteiger partial charge in [0.25, 0.3) is 0 Å². The van der Waals surface area contributed by atoms with Crippen LogP contribution in [0.15, 0.2) is 0 Å². The van der Waals surface area contributed by atoms with Crippen molar-refractivity contribution in [3.8, 4) is 12.3 Å². The van der Waals surface area contributed by atoms with E-state index in [2.05, 4.69) is 11.2 Å². The summed E-state index contributed by atoms with van der Waals surface area (Å²) in [6, 6.07) is -0.614. The summed E-state index contributed by atoms with van der Waals surface area (Å²) < 4.78 is 0. The fraction of sp³-hybridized carbons (Fsp3) is 0.667. The number of rotatable bonds is 3. The van der Waals surface area contributed by atoms with Crippen LogP contribution in [0.4, 0.5) is 0 Å². The first-order chi connectivity index (χ1) is 8.10. The number of carbonyl (C=O) groups excluding carboxylic acids is 2. The van der Waals surface area contributed by atoms with Gasteiger partial charge in [0, 0.05) is 32.5 Å². The second-order valence-electron chi connectivity index (χ2n) is 4.23. The minimum Gasteiger partial charge on any atom is -0.359 e. The molecule has 0 bridgehead atoms. The number of piperidine rings is 1. The average molecular weight is 237 g/mol. The van der Waals surface area contributed by atoms with Crippen molar-refractivity contribution in [1.82, 2.24) is 10.2 Å². The summed E-state index contributed by atoms with van der Waals surface area (Å²) in [6.45, 7) is 1.16. The Morgan fingerprint density at radius 3 is 2.59 bits per heavy atom. The molecule has 1 aliphatic rings. The van der Waals surface area contributed by atoms with Crippen molar-refractivity contribution < 1.29 is 9.59 Å². The van der Waals surface area contributed by atoms with Crippen LogP contribution in [0.3, 0.4) is 0 Å². The number of hydrogen-bond acceptors (Lipinski definition) is 3. The lowest BCUT2D eigenvalue weighted by atomic mass is 9.95. The Morgan fingerprint density at radius 1 is 1.53 bits per heavy atom. The van der Waals surface area contributed by atoms with Gasteiger partial charge in [-0.15, -0.1) is 12.3 Å². The summed E-state index contributed by atoms with van der Waals surface area (Å²) in [5, 5.41) is 2.63. The van der Waals surface area contributed by atoms with E-state index in [0.717, 1.165) is 0 Å². The molecule has 1 atom stereocenters. The number of hydrogen-bond donors (Lipinski definition) is 2. The fourth-order valence-corrected chi connectivity index (χ4v) is 2.01. The van der Waals surface area contributed by atoms with E-state index in [1.54, 1.807) is 11.9 Å². The highest BCUT2D eigenvalue weighted by Gasteiger charge is 2.28. The number of nitrogens with zero attached hydrogens (tertiary/aromatic N) is 1. The van der Waals surface area contributed by atoms with Gasteiger partial charge in [-0.2, -0.15) is 0 Å². The SMILES string of the molecule is C#CCC(N)C(=O)N1CCC(C(=O)NC)CC1. The molecule has 0 aromatic heterocycles. The van der Waals surface area contributed by atoms with Gasteiger partial charge in [0.05, 0.1) is 6.04 Å². The minimum atomic E-state index is -0.614. The molecule has 1 aliphatic heterocycles. The van der Waals surface area contributed by atoms with Crippen molar-refractivity contribution >= 4 is 11.8 Å². The molecule has 17 heavy (non-hydrogen) atoms. The molecule has 1 heterocycles. The summed E-state index contributed by atoms with van der Waals surface area (Å²) >= 11 is 0.